The number of alkyl halides is 3. The molecule has 3 heteroatoms. The molecule has 0 aromatic rings. The summed E-state index contributed by atoms with van der Waals surface area (Å²) >= 11 is 0. The van der Waals surface area contributed by atoms with Gasteiger partial charge in [0.15, 0.2) is 0 Å². The Morgan fingerprint density at radius 1 is 1.42 bits per heavy atom. The summed E-state index contributed by atoms with van der Waals surface area (Å²) in [6.45, 7) is 7.78. The lowest BCUT2D eigenvalue weighted by Gasteiger charge is -2.34. The first-order chi connectivity index (χ1) is 5.29. The van der Waals surface area contributed by atoms with Gasteiger partial charge in [-0.25, -0.2) is 0 Å². The van der Waals surface area contributed by atoms with Crippen molar-refractivity contribution in [2.24, 2.45) is 11.3 Å². The van der Waals surface area contributed by atoms with Gasteiger partial charge in [-0.1, -0.05) is 26.3 Å². The number of rotatable bonds is 3. The molecule has 0 radical (unpaired) electrons. The molecule has 0 fully saturated rings. The van der Waals surface area contributed by atoms with E-state index < -0.39 is 17.5 Å². The van der Waals surface area contributed by atoms with Crippen LogP contribution in [0.15, 0.2) is 12.7 Å². The minimum Gasteiger partial charge on any atom is -0.170 e. The molecule has 12 heavy (non-hydrogen) atoms. The van der Waals surface area contributed by atoms with Gasteiger partial charge in [-0.15, -0.1) is 6.58 Å². The van der Waals surface area contributed by atoms with Crippen LogP contribution in [0.3, 0.4) is 0 Å². The molecule has 0 N–H and O–H groups in total. The zero-order valence-electron chi connectivity index (χ0n) is 7.70. The highest BCUT2D eigenvalue weighted by atomic mass is 19.4. The quantitative estimate of drug-likeness (QED) is 0.580. The van der Waals surface area contributed by atoms with Crippen LogP contribution >= 0.6 is 0 Å². The standard InChI is InChI=1S/C9H15F3/c1-5-7(3)8(4,6-2)9(10,11)12/h6-7H,2,5H2,1,3-4H3/t7-,8?/m1/s1. The number of halogens is 3. The normalized spacial score (nSPS) is 19.8. The minimum absolute atomic E-state index is 0.421. The summed E-state index contributed by atoms with van der Waals surface area (Å²) in [6, 6.07) is 0. The monoisotopic (exact) mass is 180 g/mol. The Kier molecular flexibility index (Phi) is 3.36. The van der Waals surface area contributed by atoms with Crippen molar-refractivity contribution < 1.29 is 13.2 Å². The molecule has 0 nitrogen and oxygen atoms in total. The Hall–Kier alpha value is -0.470. The second-order valence-electron chi connectivity index (χ2n) is 3.29. The van der Waals surface area contributed by atoms with Crippen LogP contribution in [0.2, 0.25) is 0 Å². The predicted molar refractivity (Wildman–Crippen MR) is 43.8 cm³/mol. The molecule has 0 aliphatic heterocycles. The Morgan fingerprint density at radius 3 is 1.92 bits per heavy atom. The van der Waals surface area contributed by atoms with Gasteiger partial charge in [-0.05, 0) is 12.8 Å². The number of hydrogen-bond acceptors (Lipinski definition) is 0. The molecule has 0 aromatic carbocycles. The molecule has 2 atom stereocenters. The first kappa shape index (κ1) is 11.5. The lowest BCUT2D eigenvalue weighted by atomic mass is 9.76. The fraction of sp³-hybridized carbons (Fsp3) is 0.778. The van der Waals surface area contributed by atoms with Gasteiger partial charge in [0.1, 0.15) is 0 Å². The molecular formula is C9H15F3. The molecule has 0 amide bonds. The van der Waals surface area contributed by atoms with Gasteiger partial charge in [0.25, 0.3) is 0 Å². The summed E-state index contributed by atoms with van der Waals surface area (Å²) in [5, 5.41) is 0. The van der Waals surface area contributed by atoms with E-state index in [1.165, 1.54) is 6.92 Å². The number of hydrogen-bond donors (Lipinski definition) is 0. The van der Waals surface area contributed by atoms with E-state index in [4.69, 9.17) is 0 Å². The third-order valence-corrected chi connectivity index (χ3v) is 2.67. The van der Waals surface area contributed by atoms with Crippen LogP contribution in [0.25, 0.3) is 0 Å². The summed E-state index contributed by atoms with van der Waals surface area (Å²) in [5.41, 5.74) is -1.75. The second kappa shape index (κ2) is 3.50. The molecule has 0 spiro atoms. The van der Waals surface area contributed by atoms with Crippen molar-refractivity contribution in [3.8, 4) is 0 Å². The molecular weight excluding hydrogens is 165 g/mol. The van der Waals surface area contributed by atoms with Gasteiger partial charge in [-0.2, -0.15) is 13.2 Å². The van der Waals surface area contributed by atoms with Gasteiger partial charge in [-0.3, -0.25) is 0 Å². The summed E-state index contributed by atoms with van der Waals surface area (Å²) in [5.74, 6) is -0.421. The summed E-state index contributed by atoms with van der Waals surface area (Å²) in [6.07, 6.45) is -2.69. The van der Waals surface area contributed by atoms with E-state index in [-0.39, 0.29) is 0 Å². The highest BCUT2D eigenvalue weighted by Gasteiger charge is 2.51. The number of allylic oxidation sites excluding steroid dienone is 1. The van der Waals surface area contributed by atoms with Crippen LogP contribution in [0, 0.1) is 11.3 Å². The van der Waals surface area contributed by atoms with Crippen LogP contribution in [0.5, 0.6) is 0 Å². The molecule has 0 heterocycles. The van der Waals surface area contributed by atoms with Crippen molar-refractivity contribution in [2.45, 2.75) is 33.4 Å². The van der Waals surface area contributed by atoms with E-state index >= 15 is 0 Å². The van der Waals surface area contributed by atoms with E-state index in [0.717, 1.165) is 6.08 Å². The Bertz CT molecular complexity index is 160. The average Bonchev–Trinajstić information content (AvgIpc) is 1.99. The van der Waals surface area contributed by atoms with E-state index in [9.17, 15) is 13.2 Å². The molecule has 0 rings (SSSR count). The maximum atomic E-state index is 12.5. The van der Waals surface area contributed by atoms with Crippen LogP contribution < -0.4 is 0 Å². The van der Waals surface area contributed by atoms with E-state index in [1.807, 2.05) is 0 Å². The molecule has 72 valence electrons. The molecule has 0 saturated heterocycles. The fourth-order valence-electron chi connectivity index (χ4n) is 1.02. The second-order valence-corrected chi connectivity index (χ2v) is 3.29. The van der Waals surface area contributed by atoms with Crippen molar-refractivity contribution in [3.05, 3.63) is 12.7 Å². The van der Waals surface area contributed by atoms with E-state index in [2.05, 4.69) is 6.58 Å². The Morgan fingerprint density at radius 2 is 1.83 bits per heavy atom. The first-order valence-electron chi connectivity index (χ1n) is 4.00. The maximum absolute atomic E-state index is 12.5. The van der Waals surface area contributed by atoms with Crippen molar-refractivity contribution in [2.75, 3.05) is 0 Å². The van der Waals surface area contributed by atoms with Gasteiger partial charge in [0, 0.05) is 0 Å². The van der Waals surface area contributed by atoms with Crippen LogP contribution in [0.1, 0.15) is 27.2 Å². The van der Waals surface area contributed by atoms with Crippen molar-refractivity contribution in [1.82, 2.24) is 0 Å². The minimum atomic E-state index is -4.19. The van der Waals surface area contributed by atoms with Crippen LogP contribution in [-0.4, -0.2) is 6.18 Å². The Balaban J connectivity index is 4.79. The highest BCUT2D eigenvalue weighted by Crippen LogP contribution is 2.45. The highest BCUT2D eigenvalue weighted by molar-refractivity contribution is 4.99. The molecule has 1 unspecified atom stereocenters. The third-order valence-electron chi connectivity index (χ3n) is 2.67. The molecule has 0 aliphatic rings. The SMILES string of the molecule is C=CC(C)([C@H](C)CC)C(F)(F)F. The summed E-state index contributed by atoms with van der Waals surface area (Å²) < 4.78 is 37.4. The molecule has 0 aliphatic carbocycles. The summed E-state index contributed by atoms with van der Waals surface area (Å²) in [7, 11) is 0. The molecule has 0 aromatic heterocycles. The van der Waals surface area contributed by atoms with Gasteiger partial charge in [0.05, 0.1) is 5.41 Å². The zero-order valence-corrected chi connectivity index (χ0v) is 7.70. The lowest BCUT2D eigenvalue weighted by molar-refractivity contribution is -0.215. The Labute approximate surface area is 71.5 Å². The topological polar surface area (TPSA) is 0 Å². The largest absolute Gasteiger partial charge is 0.397 e. The third kappa shape index (κ3) is 1.82. The molecule has 0 bridgehead atoms. The van der Waals surface area contributed by atoms with Crippen LogP contribution in [-0.2, 0) is 0 Å². The summed E-state index contributed by atoms with van der Waals surface area (Å²) in [4.78, 5) is 0. The smallest absolute Gasteiger partial charge is 0.170 e. The zero-order chi connectivity index (χ0) is 9.99. The fourth-order valence-corrected chi connectivity index (χ4v) is 1.02. The van der Waals surface area contributed by atoms with E-state index in [1.54, 1.807) is 13.8 Å². The average molecular weight is 180 g/mol. The van der Waals surface area contributed by atoms with Crippen molar-refractivity contribution >= 4 is 0 Å². The van der Waals surface area contributed by atoms with Crippen molar-refractivity contribution in [3.63, 3.8) is 0 Å². The predicted octanol–water partition coefficient (Wildman–Crippen LogP) is 3.79. The van der Waals surface area contributed by atoms with Gasteiger partial charge < -0.3 is 0 Å². The van der Waals surface area contributed by atoms with E-state index in [0.29, 0.717) is 6.42 Å². The maximum Gasteiger partial charge on any atom is 0.397 e. The lowest BCUT2D eigenvalue weighted by Crippen LogP contribution is -2.38. The van der Waals surface area contributed by atoms with Gasteiger partial charge >= 0.3 is 6.18 Å². The van der Waals surface area contributed by atoms with Crippen LogP contribution in [0.4, 0.5) is 13.2 Å². The van der Waals surface area contributed by atoms with Crippen molar-refractivity contribution in [1.29, 1.82) is 0 Å². The molecule has 0 saturated carbocycles. The van der Waals surface area contributed by atoms with Gasteiger partial charge in [0.2, 0.25) is 0 Å². The first-order valence-corrected chi connectivity index (χ1v) is 4.00.